The quantitative estimate of drug-likeness (QED) is 0.777. The van der Waals surface area contributed by atoms with E-state index >= 15 is 0 Å². The van der Waals surface area contributed by atoms with Crippen LogP contribution in [-0.4, -0.2) is 26.9 Å². The monoisotopic (exact) mass is 370 g/mol. The number of nitrogens with one attached hydrogen (secondary N) is 1. The number of rotatable bonds is 2. The lowest BCUT2D eigenvalue weighted by Gasteiger charge is -2.54. The predicted molar refractivity (Wildman–Crippen MR) is 89.5 cm³/mol. The number of hydrogen-bond donors (Lipinski definition) is 2. The number of halogens is 1. The van der Waals surface area contributed by atoms with Crippen molar-refractivity contribution < 1.29 is 9.84 Å². The lowest BCUT2D eigenvalue weighted by molar-refractivity contribution is -0.0846. The van der Waals surface area contributed by atoms with Gasteiger partial charge in [0.1, 0.15) is 11.5 Å². The summed E-state index contributed by atoms with van der Waals surface area (Å²) in [5, 5.41) is 13.9. The minimum Gasteiger partial charge on any atom is -0.508 e. The molecule has 2 bridgehead atoms. The second-order valence-electron chi connectivity index (χ2n) is 5.96. The van der Waals surface area contributed by atoms with Gasteiger partial charge >= 0.3 is 0 Å². The molecule has 4 nitrogen and oxygen atoms in total. The first-order valence-electron chi connectivity index (χ1n) is 7.17. The molecule has 114 valence electrons. The topological polar surface area (TPSA) is 44.7 Å². The van der Waals surface area contributed by atoms with Crippen LogP contribution in [0.15, 0.2) is 16.6 Å². The van der Waals surface area contributed by atoms with Crippen LogP contribution in [0.4, 0.5) is 0 Å². The molecule has 3 rings (SSSR count). The van der Waals surface area contributed by atoms with Crippen molar-refractivity contribution >= 4 is 33.3 Å². The highest BCUT2D eigenvalue weighted by Crippen LogP contribution is 2.49. The maximum Gasteiger partial charge on any atom is 0.184 e. The highest BCUT2D eigenvalue weighted by molar-refractivity contribution is 9.10. The van der Waals surface area contributed by atoms with E-state index in [0.29, 0.717) is 11.2 Å². The fourth-order valence-electron chi connectivity index (χ4n) is 3.28. The molecule has 6 heteroatoms. The van der Waals surface area contributed by atoms with Crippen molar-refractivity contribution in [2.75, 3.05) is 0 Å². The maximum atomic E-state index is 9.82. The molecule has 0 aromatic heterocycles. The summed E-state index contributed by atoms with van der Waals surface area (Å²) in [6.45, 7) is 6.39. The Bertz CT molecular complexity index is 610. The summed E-state index contributed by atoms with van der Waals surface area (Å²) in [6.07, 6.45) is 1.79. The summed E-state index contributed by atoms with van der Waals surface area (Å²) in [4.78, 5) is 2.15. The molecule has 2 heterocycles. The van der Waals surface area contributed by atoms with E-state index in [1.807, 2.05) is 0 Å². The Balaban J connectivity index is 2.09. The first-order valence-corrected chi connectivity index (χ1v) is 8.37. The normalized spacial score (nSPS) is 28.5. The van der Waals surface area contributed by atoms with E-state index in [2.05, 4.69) is 46.9 Å². The van der Waals surface area contributed by atoms with Gasteiger partial charge in [0.15, 0.2) is 10.8 Å². The van der Waals surface area contributed by atoms with Crippen molar-refractivity contribution in [1.29, 1.82) is 0 Å². The van der Waals surface area contributed by atoms with Crippen LogP contribution in [0.3, 0.4) is 0 Å². The number of thiocarbonyl (C=S) groups is 1. The van der Waals surface area contributed by atoms with Gasteiger partial charge in [-0.05, 0) is 60.5 Å². The lowest BCUT2D eigenvalue weighted by atomic mass is 9.89. The van der Waals surface area contributed by atoms with E-state index in [-0.39, 0.29) is 11.8 Å². The molecule has 2 N–H and O–H groups in total. The van der Waals surface area contributed by atoms with Gasteiger partial charge in [-0.15, -0.1) is 0 Å². The van der Waals surface area contributed by atoms with Gasteiger partial charge in [0.05, 0.1) is 10.5 Å². The van der Waals surface area contributed by atoms with Gasteiger partial charge in [-0.25, -0.2) is 0 Å². The van der Waals surface area contributed by atoms with E-state index in [1.54, 1.807) is 12.1 Å². The van der Waals surface area contributed by atoms with Gasteiger partial charge in [-0.2, -0.15) is 0 Å². The Labute approximate surface area is 138 Å². The van der Waals surface area contributed by atoms with E-state index < -0.39 is 5.72 Å². The molecule has 0 amide bonds. The summed E-state index contributed by atoms with van der Waals surface area (Å²) >= 11 is 9.04. The number of fused-ring (bicyclic) bond motifs is 4. The molecule has 1 fully saturated rings. The van der Waals surface area contributed by atoms with Gasteiger partial charge in [-0.1, -0.05) is 6.92 Å². The maximum absolute atomic E-state index is 9.82. The largest absolute Gasteiger partial charge is 0.508 e. The van der Waals surface area contributed by atoms with E-state index in [1.165, 1.54) is 0 Å². The molecule has 2 aliphatic rings. The highest BCUT2D eigenvalue weighted by atomic mass is 79.9. The summed E-state index contributed by atoms with van der Waals surface area (Å²) in [7, 11) is 0. The molecule has 3 atom stereocenters. The molecule has 21 heavy (non-hydrogen) atoms. The SMILES string of the molecule is CCC(C)N1C(=S)NC2CC1(C)Oc1c(Br)cc(O)cc12. The zero-order chi connectivity index (χ0) is 15.4. The number of ether oxygens (including phenoxy) is 1. The average Bonchev–Trinajstić information content (AvgIpc) is 2.39. The Morgan fingerprint density at radius 1 is 1.62 bits per heavy atom. The van der Waals surface area contributed by atoms with Gasteiger partial charge in [0.25, 0.3) is 0 Å². The zero-order valence-corrected chi connectivity index (χ0v) is 14.7. The van der Waals surface area contributed by atoms with Crippen molar-refractivity contribution in [3.63, 3.8) is 0 Å². The van der Waals surface area contributed by atoms with Crippen LogP contribution in [-0.2, 0) is 0 Å². The molecule has 3 unspecified atom stereocenters. The Hall–Kier alpha value is -1.01. The third-order valence-electron chi connectivity index (χ3n) is 4.40. The molecule has 0 spiro atoms. The van der Waals surface area contributed by atoms with Gasteiger partial charge in [-0.3, -0.25) is 0 Å². The number of hydrogen-bond acceptors (Lipinski definition) is 3. The molecular weight excluding hydrogens is 352 g/mol. The minimum atomic E-state index is -0.463. The summed E-state index contributed by atoms with van der Waals surface area (Å²) < 4.78 is 7.09. The lowest BCUT2D eigenvalue weighted by Crippen LogP contribution is -2.66. The van der Waals surface area contributed by atoms with Crippen LogP contribution in [0.1, 0.15) is 45.2 Å². The predicted octanol–water partition coefficient (Wildman–Crippen LogP) is 3.68. The summed E-state index contributed by atoms with van der Waals surface area (Å²) in [6, 6.07) is 3.77. The molecule has 1 aromatic rings. The summed E-state index contributed by atoms with van der Waals surface area (Å²) in [5.74, 6) is 1.01. The van der Waals surface area contributed by atoms with Crippen LogP contribution >= 0.6 is 28.1 Å². The number of phenolic OH excluding ortho intramolecular Hbond substituents is 1. The zero-order valence-electron chi connectivity index (χ0n) is 12.3. The molecular formula is C15H19BrN2O2S. The van der Waals surface area contributed by atoms with Crippen molar-refractivity contribution in [3.05, 3.63) is 22.2 Å². The second-order valence-corrected chi connectivity index (χ2v) is 7.20. The molecule has 0 radical (unpaired) electrons. The fraction of sp³-hybridized carbons (Fsp3) is 0.533. The van der Waals surface area contributed by atoms with Crippen molar-refractivity contribution in [3.8, 4) is 11.5 Å². The Morgan fingerprint density at radius 3 is 3.00 bits per heavy atom. The van der Waals surface area contributed by atoms with E-state index in [4.69, 9.17) is 17.0 Å². The third-order valence-corrected chi connectivity index (χ3v) is 5.30. The van der Waals surface area contributed by atoms with Crippen LogP contribution in [0, 0.1) is 0 Å². The van der Waals surface area contributed by atoms with Gasteiger partial charge in [0.2, 0.25) is 0 Å². The minimum absolute atomic E-state index is 0.0648. The third kappa shape index (κ3) is 2.28. The van der Waals surface area contributed by atoms with Crippen LogP contribution < -0.4 is 10.1 Å². The van der Waals surface area contributed by atoms with Crippen molar-refractivity contribution in [2.45, 2.75) is 51.4 Å². The molecule has 0 saturated carbocycles. The van der Waals surface area contributed by atoms with Gasteiger partial charge < -0.3 is 20.1 Å². The van der Waals surface area contributed by atoms with Crippen molar-refractivity contribution in [1.82, 2.24) is 10.2 Å². The second kappa shape index (κ2) is 5.02. The van der Waals surface area contributed by atoms with E-state index in [9.17, 15) is 5.11 Å². The molecule has 1 aromatic carbocycles. The number of benzene rings is 1. The molecule has 0 aliphatic carbocycles. The van der Waals surface area contributed by atoms with Gasteiger partial charge in [0, 0.05) is 18.0 Å². The number of aromatic hydroxyl groups is 1. The smallest absolute Gasteiger partial charge is 0.184 e. The molecule has 1 saturated heterocycles. The van der Waals surface area contributed by atoms with Crippen LogP contribution in [0.25, 0.3) is 0 Å². The first kappa shape index (κ1) is 14.9. The average molecular weight is 371 g/mol. The van der Waals surface area contributed by atoms with Crippen LogP contribution in [0.5, 0.6) is 11.5 Å². The Morgan fingerprint density at radius 2 is 2.33 bits per heavy atom. The van der Waals surface area contributed by atoms with E-state index in [0.717, 1.165) is 28.6 Å². The molecule has 2 aliphatic heterocycles. The summed E-state index contributed by atoms with van der Waals surface area (Å²) in [5.41, 5.74) is 0.486. The number of nitrogens with zero attached hydrogens (tertiary/aromatic N) is 1. The van der Waals surface area contributed by atoms with Crippen LogP contribution in [0.2, 0.25) is 0 Å². The highest BCUT2D eigenvalue weighted by Gasteiger charge is 2.49. The standard InChI is InChI=1S/C15H19BrN2O2S/c1-4-8(2)18-14(21)17-12-7-15(18,3)20-13-10(12)5-9(19)6-11(13)16/h5-6,8,12,19H,4,7H2,1-3H3,(H,17,21). The fourth-order valence-corrected chi connectivity index (χ4v) is 4.33. The number of phenols is 1. The first-order chi connectivity index (χ1) is 9.85. The Kier molecular flexibility index (Phi) is 3.56. The van der Waals surface area contributed by atoms with Crippen molar-refractivity contribution in [2.24, 2.45) is 0 Å².